The summed E-state index contributed by atoms with van der Waals surface area (Å²) < 4.78 is 12.2. The van der Waals surface area contributed by atoms with Crippen LogP contribution in [0.1, 0.15) is 25.1 Å². The molecule has 0 atom stereocenters. The van der Waals surface area contributed by atoms with Crippen LogP contribution in [0.4, 0.5) is 11.5 Å². The van der Waals surface area contributed by atoms with E-state index in [9.17, 15) is 19.7 Å². The van der Waals surface area contributed by atoms with Crippen molar-refractivity contribution in [3.8, 4) is 11.5 Å². The predicted molar refractivity (Wildman–Crippen MR) is 109 cm³/mol. The third-order valence-electron chi connectivity index (χ3n) is 5.58. The highest BCUT2D eigenvalue weighted by atomic mass is 16.7. The quantitative estimate of drug-likeness (QED) is 0.550. The van der Waals surface area contributed by atoms with Gasteiger partial charge in [-0.25, -0.2) is 0 Å². The summed E-state index contributed by atoms with van der Waals surface area (Å²) in [6, 6.07) is 5.27. The lowest BCUT2D eigenvalue weighted by Gasteiger charge is -2.31. The van der Waals surface area contributed by atoms with Crippen LogP contribution in [0.5, 0.6) is 11.5 Å². The minimum Gasteiger partial charge on any atom is -0.454 e. The molecule has 2 aromatic rings. The van der Waals surface area contributed by atoms with Gasteiger partial charge in [0, 0.05) is 50.7 Å². The zero-order chi connectivity index (χ0) is 22.0. The van der Waals surface area contributed by atoms with Gasteiger partial charge in [-0.15, -0.1) is 0 Å². The molecule has 0 aliphatic carbocycles. The van der Waals surface area contributed by atoms with E-state index in [0.29, 0.717) is 55.5 Å². The lowest BCUT2D eigenvalue weighted by atomic mass is 9.95. The smallest absolute Gasteiger partial charge is 0.381 e. The summed E-state index contributed by atoms with van der Waals surface area (Å²) in [6.07, 6.45) is 2.73. The second-order valence-electron chi connectivity index (χ2n) is 7.56. The number of hydrogen-bond acceptors (Lipinski definition) is 7. The number of carbonyl (C=O) groups is 2. The summed E-state index contributed by atoms with van der Waals surface area (Å²) in [4.78, 5) is 41.0. The van der Waals surface area contributed by atoms with E-state index < -0.39 is 4.92 Å². The number of nitrogens with zero attached hydrogens (tertiary/aromatic N) is 4. The Labute approximate surface area is 178 Å². The van der Waals surface area contributed by atoms with Crippen LogP contribution in [0.2, 0.25) is 0 Å². The number of nitrogens with one attached hydrogen (secondary N) is 1. The number of likely N-dealkylation sites (tertiary alicyclic amines) is 1. The molecule has 1 aromatic heterocycles. The van der Waals surface area contributed by atoms with Gasteiger partial charge in [-0.05, 0) is 34.9 Å². The zero-order valence-corrected chi connectivity index (χ0v) is 17.1. The van der Waals surface area contributed by atoms with Gasteiger partial charge in [-0.3, -0.25) is 9.59 Å². The van der Waals surface area contributed by atoms with Crippen LogP contribution in [0.3, 0.4) is 0 Å². The average molecular weight is 429 g/mol. The van der Waals surface area contributed by atoms with Gasteiger partial charge in [0.1, 0.15) is 6.20 Å². The molecule has 0 spiro atoms. The van der Waals surface area contributed by atoms with Crippen molar-refractivity contribution < 1.29 is 24.0 Å². The first kappa shape index (κ1) is 20.6. The number of amides is 2. The molecule has 0 unspecified atom stereocenters. The number of ether oxygens (including phenoxy) is 2. The SMILES string of the molecule is Cc1nc([N+](=O)[O-])cn1CCC(=O)N1CCC(C(=O)Nc2ccc3c(c2)OCO3)CC1. The van der Waals surface area contributed by atoms with Gasteiger partial charge in [0.25, 0.3) is 0 Å². The van der Waals surface area contributed by atoms with Crippen LogP contribution in [0.15, 0.2) is 24.4 Å². The zero-order valence-electron chi connectivity index (χ0n) is 17.1. The fraction of sp³-hybridized carbons (Fsp3) is 0.450. The van der Waals surface area contributed by atoms with Gasteiger partial charge >= 0.3 is 5.82 Å². The Morgan fingerprint density at radius 3 is 2.71 bits per heavy atom. The number of hydrogen-bond donors (Lipinski definition) is 1. The van der Waals surface area contributed by atoms with Crippen LogP contribution < -0.4 is 14.8 Å². The number of nitro groups is 1. The van der Waals surface area contributed by atoms with E-state index in [0.717, 1.165) is 0 Å². The molecule has 2 amide bonds. The molecule has 2 aliphatic heterocycles. The number of aryl methyl sites for hydroxylation is 2. The number of rotatable bonds is 6. The lowest BCUT2D eigenvalue weighted by Crippen LogP contribution is -2.41. The third-order valence-corrected chi connectivity index (χ3v) is 5.58. The van der Waals surface area contributed by atoms with Crippen molar-refractivity contribution in [3.05, 3.63) is 40.3 Å². The van der Waals surface area contributed by atoms with E-state index >= 15 is 0 Å². The molecule has 1 fully saturated rings. The van der Waals surface area contributed by atoms with Crippen LogP contribution >= 0.6 is 0 Å². The lowest BCUT2D eigenvalue weighted by molar-refractivity contribution is -0.389. The maximum absolute atomic E-state index is 12.6. The molecule has 0 radical (unpaired) electrons. The Morgan fingerprint density at radius 2 is 2.00 bits per heavy atom. The Hall–Kier alpha value is -3.63. The van der Waals surface area contributed by atoms with Crippen molar-refractivity contribution in [2.45, 2.75) is 32.7 Å². The first-order valence-electron chi connectivity index (χ1n) is 10.1. The van der Waals surface area contributed by atoms with E-state index in [1.165, 1.54) is 6.20 Å². The van der Waals surface area contributed by atoms with E-state index in [-0.39, 0.29) is 36.8 Å². The summed E-state index contributed by atoms with van der Waals surface area (Å²) in [5.74, 6) is 1.25. The highest BCUT2D eigenvalue weighted by molar-refractivity contribution is 5.93. The monoisotopic (exact) mass is 429 g/mol. The first-order valence-corrected chi connectivity index (χ1v) is 10.1. The van der Waals surface area contributed by atoms with Gasteiger partial charge in [-0.1, -0.05) is 0 Å². The van der Waals surface area contributed by atoms with Crippen molar-refractivity contribution in [3.63, 3.8) is 0 Å². The van der Waals surface area contributed by atoms with Gasteiger partial charge < -0.3 is 34.4 Å². The fourth-order valence-corrected chi connectivity index (χ4v) is 3.79. The Kier molecular flexibility index (Phi) is 5.74. The summed E-state index contributed by atoms with van der Waals surface area (Å²) in [5, 5.41) is 13.7. The summed E-state index contributed by atoms with van der Waals surface area (Å²) in [5.41, 5.74) is 0.651. The Morgan fingerprint density at radius 1 is 1.26 bits per heavy atom. The van der Waals surface area contributed by atoms with Crippen molar-refractivity contribution in [2.24, 2.45) is 5.92 Å². The van der Waals surface area contributed by atoms with E-state index in [2.05, 4.69) is 10.3 Å². The summed E-state index contributed by atoms with van der Waals surface area (Å²) in [6.45, 7) is 3.18. The molecule has 2 aliphatic rings. The van der Waals surface area contributed by atoms with Crippen LogP contribution in [-0.4, -0.2) is 51.1 Å². The molecule has 4 rings (SSSR count). The van der Waals surface area contributed by atoms with E-state index in [4.69, 9.17) is 9.47 Å². The molecule has 11 heteroatoms. The third kappa shape index (κ3) is 4.60. The first-order chi connectivity index (χ1) is 14.9. The molecule has 0 saturated carbocycles. The maximum Gasteiger partial charge on any atom is 0.381 e. The van der Waals surface area contributed by atoms with Gasteiger partial charge in [0.2, 0.25) is 24.4 Å². The van der Waals surface area contributed by atoms with Crippen molar-refractivity contribution >= 4 is 23.3 Å². The maximum atomic E-state index is 12.6. The molecule has 11 nitrogen and oxygen atoms in total. The molecule has 1 N–H and O–H groups in total. The molecule has 1 aromatic carbocycles. The average Bonchev–Trinajstić information content (AvgIpc) is 3.38. The topological polar surface area (TPSA) is 129 Å². The number of piperidine rings is 1. The molecular weight excluding hydrogens is 406 g/mol. The number of benzene rings is 1. The van der Waals surface area contributed by atoms with Gasteiger partial charge in [0.05, 0.1) is 0 Å². The second kappa shape index (κ2) is 8.62. The minimum atomic E-state index is -0.551. The molecule has 0 bridgehead atoms. The number of anilines is 1. The minimum absolute atomic E-state index is 0.0367. The number of carbonyl (C=O) groups excluding carboxylic acids is 2. The standard InChI is InChI=1S/C20H23N5O6/c1-13-21-18(25(28)29)11-24(13)9-6-19(26)23-7-4-14(5-8-23)20(27)22-15-2-3-16-17(10-15)31-12-30-16/h2-3,10-11,14H,4-9,12H2,1H3,(H,22,27). The van der Waals surface area contributed by atoms with E-state index in [1.807, 2.05) is 0 Å². The number of fused-ring (bicyclic) bond motifs is 1. The van der Waals surface area contributed by atoms with Crippen LogP contribution in [0, 0.1) is 23.0 Å². The van der Waals surface area contributed by atoms with E-state index in [1.54, 1.807) is 34.6 Å². The molecule has 1 saturated heterocycles. The van der Waals surface area contributed by atoms with Crippen LogP contribution in [-0.2, 0) is 16.1 Å². The highest BCUT2D eigenvalue weighted by Gasteiger charge is 2.28. The Bertz CT molecular complexity index is 1010. The highest BCUT2D eigenvalue weighted by Crippen LogP contribution is 2.34. The number of imidazole rings is 1. The van der Waals surface area contributed by atoms with Crippen molar-refractivity contribution in [2.75, 3.05) is 25.2 Å². The Balaban J connectivity index is 1.24. The predicted octanol–water partition coefficient (Wildman–Crippen LogP) is 2.10. The molecule has 164 valence electrons. The summed E-state index contributed by atoms with van der Waals surface area (Å²) >= 11 is 0. The fourth-order valence-electron chi connectivity index (χ4n) is 3.79. The van der Waals surface area contributed by atoms with Crippen molar-refractivity contribution in [1.29, 1.82) is 0 Å². The second-order valence-corrected chi connectivity index (χ2v) is 7.56. The van der Waals surface area contributed by atoms with Crippen LogP contribution in [0.25, 0.3) is 0 Å². The molecule has 3 heterocycles. The van der Waals surface area contributed by atoms with Gasteiger partial charge in [-0.2, -0.15) is 0 Å². The normalized spacial score (nSPS) is 15.7. The molecular formula is C20H23N5O6. The molecule has 31 heavy (non-hydrogen) atoms. The summed E-state index contributed by atoms with van der Waals surface area (Å²) in [7, 11) is 0. The van der Waals surface area contributed by atoms with Gasteiger partial charge in [0.15, 0.2) is 11.5 Å². The number of aromatic nitrogens is 2. The van der Waals surface area contributed by atoms with Crippen molar-refractivity contribution in [1.82, 2.24) is 14.5 Å². The largest absolute Gasteiger partial charge is 0.454 e.